The number of benzene rings is 1. The number of carboxylic acid groups (broad SMARTS) is 1. The second-order valence-corrected chi connectivity index (χ2v) is 7.43. The molecular formula is C22H16F3N9O2. The monoisotopic (exact) mass is 495 g/mol. The van der Waals surface area contributed by atoms with Crippen LogP contribution in [0.5, 0.6) is 0 Å². The smallest absolute Gasteiger partial charge is 0.433 e. The average Bonchev–Trinajstić information content (AvgIpc) is 3.32. The van der Waals surface area contributed by atoms with E-state index in [0.29, 0.717) is 16.8 Å². The number of carbonyl (C=O) groups is 1. The topological polar surface area (TPSA) is 169 Å². The van der Waals surface area contributed by atoms with Crippen LogP contribution in [0.1, 0.15) is 17.0 Å². The molecule has 182 valence electrons. The van der Waals surface area contributed by atoms with Crippen LogP contribution in [0.3, 0.4) is 0 Å². The fourth-order valence-electron chi connectivity index (χ4n) is 3.12. The summed E-state index contributed by atoms with van der Waals surface area (Å²) >= 11 is 0. The summed E-state index contributed by atoms with van der Waals surface area (Å²) in [7, 11) is 0. The average molecular weight is 495 g/mol. The molecule has 0 saturated carbocycles. The Bertz CT molecular complexity index is 1460. The zero-order valence-corrected chi connectivity index (χ0v) is 18.2. The number of aliphatic carboxylic acids is 1. The van der Waals surface area contributed by atoms with E-state index in [-0.39, 0.29) is 29.6 Å². The summed E-state index contributed by atoms with van der Waals surface area (Å²) in [5.74, 6) is -1.45. The molecule has 0 unspecified atom stereocenters. The fourth-order valence-corrected chi connectivity index (χ4v) is 3.12. The molecule has 4 N–H and O–H groups in total. The molecule has 11 nitrogen and oxygen atoms in total. The van der Waals surface area contributed by atoms with Crippen LogP contribution in [0.25, 0.3) is 22.6 Å². The predicted molar refractivity (Wildman–Crippen MR) is 119 cm³/mol. The molecule has 0 saturated heterocycles. The third-order valence-electron chi connectivity index (χ3n) is 4.79. The first-order chi connectivity index (χ1) is 17.1. The standard InChI is InChI=1S/C22H16F3N9O2/c23-22(24,25)18-6-2-5-14(28-18)10-34-11-17(32-33-34)16-8-15(13-4-1-3-12(7-13)9-26)29-21(30-16)31-19(27)20(35)36/h1-8,11,19H,10,27H2,(H,35,36)(H,29,30,31)/t19-/m0/s1. The number of nitrogens with two attached hydrogens (primary N) is 1. The summed E-state index contributed by atoms with van der Waals surface area (Å²) in [6.07, 6.45) is -4.63. The summed E-state index contributed by atoms with van der Waals surface area (Å²) in [6, 6.07) is 13.7. The molecule has 1 aromatic carbocycles. The lowest BCUT2D eigenvalue weighted by Crippen LogP contribution is -2.38. The van der Waals surface area contributed by atoms with Gasteiger partial charge in [0.15, 0.2) is 6.17 Å². The Kier molecular flexibility index (Phi) is 6.57. The maximum Gasteiger partial charge on any atom is 0.433 e. The van der Waals surface area contributed by atoms with Crippen LogP contribution in [0.2, 0.25) is 0 Å². The first kappa shape index (κ1) is 24.2. The van der Waals surface area contributed by atoms with Crippen molar-refractivity contribution < 1.29 is 23.1 Å². The van der Waals surface area contributed by atoms with Crippen LogP contribution < -0.4 is 11.1 Å². The first-order valence-corrected chi connectivity index (χ1v) is 10.2. The molecule has 0 aliphatic rings. The quantitative estimate of drug-likeness (QED) is 0.324. The highest BCUT2D eigenvalue weighted by atomic mass is 19.4. The molecule has 3 aromatic heterocycles. The van der Waals surface area contributed by atoms with Crippen LogP contribution in [0.15, 0.2) is 54.7 Å². The van der Waals surface area contributed by atoms with Crippen molar-refractivity contribution >= 4 is 11.9 Å². The van der Waals surface area contributed by atoms with Crippen molar-refractivity contribution in [3.05, 3.63) is 71.7 Å². The van der Waals surface area contributed by atoms with Crippen molar-refractivity contribution in [3.63, 3.8) is 0 Å². The molecule has 4 aromatic rings. The first-order valence-electron chi connectivity index (χ1n) is 10.2. The number of hydrogen-bond donors (Lipinski definition) is 3. The van der Waals surface area contributed by atoms with Gasteiger partial charge in [0.2, 0.25) is 5.95 Å². The molecule has 14 heteroatoms. The van der Waals surface area contributed by atoms with E-state index in [1.165, 1.54) is 23.0 Å². The van der Waals surface area contributed by atoms with E-state index in [9.17, 15) is 23.2 Å². The van der Waals surface area contributed by atoms with Gasteiger partial charge in [0.05, 0.1) is 41.5 Å². The lowest BCUT2D eigenvalue weighted by Gasteiger charge is -2.12. The highest BCUT2D eigenvalue weighted by molar-refractivity contribution is 5.76. The van der Waals surface area contributed by atoms with Gasteiger partial charge in [0.25, 0.3) is 0 Å². The molecule has 1 atom stereocenters. The molecule has 0 aliphatic carbocycles. The van der Waals surface area contributed by atoms with E-state index in [1.54, 1.807) is 30.3 Å². The normalized spacial score (nSPS) is 12.1. The van der Waals surface area contributed by atoms with Gasteiger partial charge in [-0.3, -0.25) is 0 Å². The maximum absolute atomic E-state index is 13.0. The minimum Gasteiger partial charge on any atom is -0.479 e. The molecule has 0 bridgehead atoms. The van der Waals surface area contributed by atoms with Crippen LogP contribution in [-0.2, 0) is 17.5 Å². The Morgan fingerprint density at radius 1 is 1.11 bits per heavy atom. The fraction of sp³-hybridized carbons (Fsp3) is 0.136. The number of pyridine rings is 1. The van der Waals surface area contributed by atoms with Gasteiger partial charge >= 0.3 is 12.1 Å². The number of nitriles is 1. The Hall–Kier alpha value is -4.90. The molecule has 0 aliphatic heterocycles. The van der Waals surface area contributed by atoms with E-state index in [0.717, 1.165) is 6.07 Å². The molecule has 0 radical (unpaired) electrons. The van der Waals surface area contributed by atoms with Gasteiger partial charge in [0.1, 0.15) is 11.4 Å². The predicted octanol–water partition coefficient (Wildman–Crippen LogP) is 2.52. The number of halogens is 3. The Morgan fingerprint density at radius 3 is 2.58 bits per heavy atom. The van der Waals surface area contributed by atoms with Gasteiger partial charge < -0.3 is 16.2 Å². The van der Waals surface area contributed by atoms with Crippen LogP contribution in [0, 0.1) is 11.3 Å². The van der Waals surface area contributed by atoms with E-state index in [1.807, 2.05) is 6.07 Å². The zero-order valence-electron chi connectivity index (χ0n) is 18.2. The molecule has 0 fully saturated rings. The number of aromatic nitrogens is 6. The number of rotatable bonds is 7. The summed E-state index contributed by atoms with van der Waals surface area (Å²) in [5, 5.41) is 28.7. The van der Waals surface area contributed by atoms with E-state index >= 15 is 0 Å². The van der Waals surface area contributed by atoms with Crippen LogP contribution in [0.4, 0.5) is 19.1 Å². The highest BCUT2D eigenvalue weighted by Crippen LogP contribution is 2.28. The van der Waals surface area contributed by atoms with E-state index in [4.69, 9.17) is 10.8 Å². The van der Waals surface area contributed by atoms with Crippen molar-refractivity contribution in [2.24, 2.45) is 5.73 Å². The third kappa shape index (κ3) is 5.59. The summed E-state index contributed by atoms with van der Waals surface area (Å²) in [4.78, 5) is 23.3. The van der Waals surface area contributed by atoms with Crippen LogP contribution >= 0.6 is 0 Å². The molecule has 0 amide bonds. The number of alkyl halides is 3. The zero-order chi connectivity index (χ0) is 25.9. The van der Waals surface area contributed by atoms with Gasteiger partial charge in [-0.25, -0.2) is 24.4 Å². The van der Waals surface area contributed by atoms with Crippen molar-refractivity contribution in [2.45, 2.75) is 18.9 Å². The SMILES string of the molecule is N#Cc1cccc(-c2cc(-c3cn(Cc4cccc(C(F)(F)F)n4)nn3)nc(N[C@H](N)C(=O)O)n2)c1. The Labute approximate surface area is 201 Å². The van der Waals surface area contributed by atoms with Gasteiger partial charge in [-0.1, -0.05) is 23.4 Å². The summed E-state index contributed by atoms with van der Waals surface area (Å²) < 4.78 is 40.1. The molecule has 4 rings (SSSR count). The molecule has 0 spiro atoms. The number of hydrogen-bond acceptors (Lipinski definition) is 9. The molecular weight excluding hydrogens is 479 g/mol. The Morgan fingerprint density at radius 2 is 1.86 bits per heavy atom. The maximum atomic E-state index is 13.0. The highest BCUT2D eigenvalue weighted by Gasteiger charge is 2.32. The number of nitrogens with zero attached hydrogens (tertiary/aromatic N) is 7. The van der Waals surface area contributed by atoms with Gasteiger partial charge in [-0.05, 0) is 30.3 Å². The minimum absolute atomic E-state index is 0.0892. The number of anilines is 1. The van der Waals surface area contributed by atoms with E-state index < -0.39 is 24.0 Å². The number of nitrogens with one attached hydrogen (secondary N) is 1. The summed E-state index contributed by atoms with van der Waals surface area (Å²) in [5.41, 5.74) is 6.37. The van der Waals surface area contributed by atoms with E-state index in [2.05, 4.69) is 30.6 Å². The minimum atomic E-state index is -4.58. The van der Waals surface area contributed by atoms with Crippen molar-refractivity contribution in [2.75, 3.05) is 5.32 Å². The van der Waals surface area contributed by atoms with Crippen molar-refractivity contribution in [1.29, 1.82) is 5.26 Å². The van der Waals surface area contributed by atoms with Gasteiger partial charge in [-0.2, -0.15) is 18.4 Å². The van der Waals surface area contributed by atoms with Gasteiger partial charge in [-0.15, -0.1) is 5.10 Å². The van der Waals surface area contributed by atoms with Gasteiger partial charge in [0, 0.05) is 5.56 Å². The van der Waals surface area contributed by atoms with Crippen molar-refractivity contribution in [1.82, 2.24) is 29.9 Å². The third-order valence-corrected chi connectivity index (χ3v) is 4.79. The summed E-state index contributed by atoms with van der Waals surface area (Å²) in [6.45, 7) is -0.0892. The largest absolute Gasteiger partial charge is 0.479 e. The van der Waals surface area contributed by atoms with Crippen LogP contribution in [-0.4, -0.2) is 47.2 Å². The van der Waals surface area contributed by atoms with Crippen molar-refractivity contribution in [3.8, 4) is 28.7 Å². The lowest BCUT2D eigenvalue weighted by atomic mass is 10.1. The Balaban J connectivity index is 1.69. The second-order valence-electron chi connectivity index (χ2n) is 7.43. The second kappa shape index (κ2) is 9.76. The lowest BCUT2D eigenvalue weighted by molar-refractivity contribution is -0.141. The molecule has 3 heterocycles. The number of carboxylic acids is 1. The molecule has 36 heavy (non-hydrogen) atoms.